The molecule has 0 radical (unpaired) electrons. The molecule has 2 fully saturated rings. The molecule has 4 atom stereocenters. The van der Waals surface area contributed by atoms with Crippen LogP contribution in [0.3, 0.4) is 0 Å². The van der Waals surface area contributed by atoms with E-state index < -0.39 is 0 Å². The first kappa shape index (κ1) is 18.7. The van der Waals surface area contributed by atoms with Crippen molar-refractivity contribution in [3.8, 4) is 5.75 Å². The molecular weight excluding hydrogens is 328 g/mol. The number of amides is 2. The number of hydrogen-bond donors (Lipinski definition) is 2. The Morgan fingerprint density at radius 3 is 2.69 bits per heavy atom. The summed E-state index contributed by atoms with van der Waals surface area (Å²) in [6.07, 6.45) is 3.46. The van der Waals surface area contributed by atoms with Gasteiger partial charge in [0.15, 0.2) is 6.61 Å². The van der Waals surface area contributed by atoms with Gasteiger partial charge in [-0.15, -0.1) is 0 Å². The van der Waals surface area contributed by atoms with Crippen molar-refractivity contribution in [3.63, 3.8) is 0 Å². The molecule has 5 nitrogen and oxygen atoms in total. The highest BCUT2D eigenvalue weighted by molar-refractivity contribution is 5.78. The molecule has 1 saturated heterocycles. The second-order valence-electron chi connectivity index (χ2n) is 8.11. The lowest BCUT2D eigenvalue weighted by Crippen LogP contribution is -2.55. The minimum absolute atomic E-state index is 0.0222. The van der Waals surface area contributed by atoms with E-state index >= 15 is 0 Å². The van der Waals surface area contributed by atoms with Crippen molar-refractivity contribution in [2.45, 2.75) is 64.5 Å². The minimum Gasteiger partial charge on any atom is -0.484 e. The van der Waals surface area contributed by atoms with Crippen molar-refractivity contribution in [3.05, 3.63) is 29.8 Å². The lowest BCUT2D eigenvalue weighted by molar-refractivity contribution is -0.127. The highest BCUT2D eigenvalue weighted by atomic mass is 16.5. The number of carbonyl (C=O) groups excluding carboxylic acids is 2. The monoisotopic (exact) mass is 358 g/mol. The lowest BCUT2D eigenvalue weighted by atomic mass is 9.72. The van der Waals surface area contributed by atoms with E-state index in [9.17, 15) is 9.59 Å². The Morgan fingerprint density at radius 1 is 1.27 bits per heavy atom. The molecule has 1 saturated carbocycles. The fourth-order valence-corrected chi connectivity index (χ4v) is 4.25. The van der Waals surface area contributed by atoms with E-state index in [0.29, 0.717) is 29.9 Å². The van der Waals surface area contributed by atoms with Crippen LogP contribution in [0.15, 0.2) is 24.3 Å². The summed E-state index contributed by atoms with van der Waals surface area (Å²) in [6.45, 7) is 6.48. The summed E-state index contributed by atoms with van der Waals surface area (Å²) >= 11 is 0. The molecule has 0 bridgehead atoms. The van der Waals surface area contributed by atoms with Crippen molar-refractivity contribution in [1.82, 2.24) is 10.6 Å². The number of ether oxygens (including phenoxy) is 1. The van der Waals surface area contributed by atoms with Gasteiger partial charge < -0.3 is 15.4 Å². The Bertz CT molecular complexity index is 641. The SMILES string of the molecule is CC(C)c1ccc(OCC(=O)NC2CCC3C(C)CC(=O)NC3C2)cc1. The summed E-state index contributed by atoms with van der Waals surface area (Å²) in [5, 5.41) is 6.17. The molecule has 1 aliphatic carbocycles. The highest BCUT2D eigenvalue weighted by Gasteiger charge is 2.38. The van der Waals surface area contributed by atoms with Crippen LogP contribution in [0, 0.1) is 11.8 Å². The first-order valence-corrected chi connectivity index (χ1v) is 9.74. The van der Waals surface area contributed by atoms with E-state index in [-0.39, 0.29) is 30.5 Å². The fraction of sp³-hybridized carbons (Fsp3) is 0.619. The first-order chi connectivity index (χ1) is 12.4. The summed E-state index contributed by atoms with van der Waals surface area (Å²) in [5.41, 5.74) is 1.25. The summed E-state index contributed by atoms with van der Waals surface area (Å²) in [5.74, 6) is 2.20. The largest absolute Gasteiger partial charge is 0.484 e. The molecule has 1 aliphatic heterocycles. The van der Waals surface area contributed by atoms with Gasteiger partial charge in [-0.2, -0.15) is 0 Å². The standard InChI is InChI=1S/C21H30N2O3/c1-13(2)15-4-7-17(8-5-15)26-12-21(25)22-16-6-9-18-14(3)10-20(24)23-19(18)11-16/h4-5,7-8,13-14,16,18-19H,6,9-12H2,1-3H3,(H,22,25)(H,23,24). The number of nitrogens with one attached hydrogen (secondary N) is 2. The van der Waals surface area contributed by atoms with E-state index in [1.165, 1.54) is 5.56 Å². The zero-order chi connectivity index (χ0) is 18.7. The average Bonchev–Trinajstić information content (AvgIpc) is 2.60. The molecule has 1 aromatic carbocycles. The summed E-state index contributed by atoms with van der Waals surface area (Å²) < 4.78 is 5.60. The van der Waals surface area contributed by atoms with Gasteiger partial charge in [0.25, 0.3) is 5.91 Å². The van der Waals surface area contributed by atoms with Gasteiger partial charge in [-0.1, -0.05) is 32.9 Å². The van der Waals surface area contributed by atoms with Crippen LogP contribution in [0.25, 0.3) is 0 Å². The lowest BCUT2D eigenvalue weighted by Gasteiger charge is -2.43. The zero-order valence-electron chi connectivity index (χ0n) is 16.0. The van der Waals surface area contributed by atoms with Crippen molar-refractivity contribution in [2.75, 3.05) is 6.61 Å². The Labute approximate surface area is 155 Å². The van der Waals surface area contributed by atoms with Gasteiger partial charge in [-0.3, -0.25) is 9.59 Å². The van der Waals surface area contributed by atoms with Gasteiger partial charge in [0.2, 0.25) is 5.91 Å². The molecule has 0 spiro atoms. The summed E-state index contributed by atoms with van der Waals surface area (Å²) in [6, 6.07) is 8.19. The Balaban J connectivity index is 1.45. The molecule has 5 heteroatoms. The topological polar surface area (TPSA) is 67.4 Å². The van der Waals surface area contributed by atoms with Gasteiger partial charge in [0.05, 0.1) is 0 Å². The molecule has 2 aliphatic rings. The highest BCUT2D eigenvalue weighted by Crippen LogP contribution is 2.35. The smallest absolute Gasteiger partial charge is 0.258 e. The first-order valence-electron chi connectivity index (χ1n) is 9.74. The fourth-order valence-electron chi connectivity index (χ4n) is 4.25. The Kier molecular flexibility index (Phi) is 5.84. The molecule has 0 aromatic heterocycles. The van der Waals surface area contributed by atoms with Crippen LogP contribution in [0.1, 0.15) is 57.9 Å². The Morgan fingerprint density at radius 2 is 2.00 bits per heavy atom. The number of rotatable bonds is 5. The molecule has 26 heavy (non-hydrogen) atoms. The third-order valence-corrected chi connectivity index (χ3v) is 5.77. The maximum atomic E-state index is 12.2. The number of hydrogen-bond acceptors (Lipinski definition) is 3. The van der Waals surface area contributed by atoms with Crippen molar-refractivity contribution in [2.24, 2.45) is 11.8 Å². The number of carbonyl (C=O) groups is 2. The van der Waals surface area contributed by atoms with Crippen molar-refractivity contribution >= 4 is 11.8 Å². The predicted octanol–water partition coefficient (Wildman–Crippen LogP) is 3.00. The minimum atomic E-state index is -0.100. The van der Waals surface area contributed by atoms with Crippen LogP contribution in [0.2, 0.25) is 0 Å². The van der Waals surface area contributed by atoms with E-state index in [1.807, 2.05) is 24.3 Å². The molecular formula is C21H30N2O3. The summed E-state index contributed by atoms with van der Waals surface area (Å²) in [4.78, 5) is 24.0. The number of fused-ring (bicyclic) bond motifs is 1. The van der Waals surface area contributed by atoms with Crippen LogP contribution in [-0.4, -0.2) is 30.5 Å². The number of benzene rings is 1. The molecule has 2 N–H and O–H groups in total. The second-order valence-corrected chi connectivity index (χ2v) is 8.11. The van der Waals surface area contributed by atoms with Crippen LogP contribution in [0.5, 0.6) is 5.75 Å². The summed E-state index contributed by atoms with van der Waals surface area (Å²) in [7, 11) is 0. The number of piperidine rings is 1. The average molecular weight is 358 g/mol. The van der Waals surface area contributed by atoms with Gasteiger partial charge in [-0.05, 0) is 54.7 Å². The van der Waals surface area contributed by atoms with Gasteiger partial charge in [0, 0.05) is 18.5 Å². The van der Waals surface area contributed by atoms with Crippen LogP contribution in [0.4, 0.5) is 0 Å². The van der Waals surface area contributed by atoms with E-state index in [2.05, 4.69) is 31.4 Å². The van der Waals surface area contributed by atoms with E-state index in [0.717, 1.165) is 19.3 Å². The normalized spacial score (nSPS) is 28.2. The maximum absolute atomic E-state index is 12.2. The van der Waals surface area contributed by atoms with Crippen LogP contribution in [-0.2, 0) is 9.59 Å². The predicted molar refractivity (Wildman–Crippen MR) is 101 cm³/mol. The second kappa shape index (κ2) is 8.11. The third kappa shape index (κ3) is 4.57. The van der Waals surface area contributed by atoms with E-state index in [4.69, 9.17) is 4.74 Å². The Hall–Kier alpha value is -2.04. The van der Waals surface area contributed by atoms with Crippen molar-refractivity contribution < 1.29 is 14.3 Å². The van der Waals surface area contributed by atoms with Gasteiger partial charge in [-0.25, -0.2) is 0 Å². The molecule has 142 valence electrons. The van der Waals surface area contributed by atoms with Crippen molar-refractivity contribution in [1.29, 1.82) is 0 Å². The molecule has 2 amide bonds. The van der Waals surface area contributed by atoms with Crippen LogP contribution < -0.4 is 15.4 Å². The maximum Gasteiger partial charge on any atom is 0.258 e. The zero-order valence-corrected chi connectivity index (χ0v) is 16.0. The molecule has 4 unspecified atom stereocenters. The van der Waals surface area contributed by atoms with Gasteiger partial charge in [0.1, 0.15) is 5.75 Å². The molecule has 1 heterocycles. The van der Waals surface area contributed by atoms with Gasteiger partial charge >= 0.3 is 0 Å². The van der Waals surface area contributed by atoms with E-state index in [1.54, 1.807) is 0 Å². The quantitative estimate of drug-likeness (QED) is 0.850. The molecule has 3 rings (SSSR count). The molecule has 1 aromatic rings. The van der Waals surface area contributed by atoms with Crippen LogP contribution >= 0.6 is 0 Å². The third-order valence-electron chi connectivity index (χ3n) is 5.77.